The van der Waals surface area contributed by atoms with Crippen LogP contribution >= 0.6 is 0 Å². The molecule has 0 aliphatic heterocycles. The van der Waals surface area contributed by atoms with Gasteiger partial charge in [0.25, 0.3) is 5.56 Å². The Kier molecular flexibility index (Phi) is 4.94. The van der Waals surface area contributed by atoms with Crippen molar-refractivity contribution in [2.45, 2.75) is 16.3 Å². The second-order valence-corrected chi connectivity index (χ2v) is 9.27. The van der Waals surface area contributed by atoms with E-state index in [9.17, 15) is 13.8 Å². The van der Waals surface area contributed by atoms with Crippen LogP contribution in [0.25, 0.3) is 21.8 Å². The highest BCUT2D eigenvalue weighted by Crippen LogP contribution is 2.28. The van der Waals surface area contributed by atoms with Gasteiger partial charge in [-0.2, -0.15) is 10.2 Å². The number of benzene rings is 2. The molecular weight excluding hydrogens is 440 g/mol. The van der Waals surface area contributed by atoms with Gasteiger partial charge in [-0.1, -0.05) is 18.2 Å². The Morgan fingerprint density at radius 3 is 2.58 bits per heavy atom. The van der Waals surface area contributed by atoms with E-state index in [0.29, 0.717) is 20.9 Å². The molecule has 0 aliphatic carbocycles. The van der Waals surface area contributed by atoms with Gasteiger partial charge in [-0.05, 0) is 29.8 Å². The number of fused-ring (bicyclic) bond motifs is 3. The summed E-state index contributed by atoms with van der Waals surface area (Å²) in [5, 5.41) is 10.0. The van der Waals surface area contributed by atoms with Crippen LogP contribution in [0, 0.1) is 0 Å². The minimum Gasteiger partial charge on any atom is -0.366 e. The summed E-state index contributed by atoms with van der Waals surface area (Å²) in [5.74, 6) is -0.527. The molecule has 5 rings (SSSR count). The number of aryl methyl sites for hydroxylation is 2. The summed E-state index contributed by atoms with van der Waals surface area (Å²) in [6.45, 7) is 0.202. The molecule has 0 spiro atoms. The van der Waals surface area contributed by atoms with Crippen molar-refractivity contribution in [3.05, 3.63) is 82.5 Å². The van der Waals surface area contributed by atoms with Crippen LogP contribution in [0.5, 0.6) is 0 Å². The highest BCUT2D eigenvalue weighted by Gasteiger charge is 2.17. The maximum Gasteiger partial charge on any atom is 0.291 e. The second-order valence-electron chi connectivity index (χ2n) is 7.79. The minimum absolute atomic E-state index is 0.202. The van der Waals surface area contributed by atoms with Crippen molar-refractivity contribution in [1.29, 1.82) is 0 Å². The Morgan fingerprint density at radius 1 is 1.03 bits per heavy atom. The molecule has 0 saturated carbocycles. The van der Waals surface area contributed by atoms with Crippen LogP contribution in [-0.4, -0.2) is 34.2 Å². The first-order valence-electron chi connectivity index (χ1n) is 10.1. The second kappa shape index (κ2) is 7.82. The van der Waals surface area contributed by atoms with Crippen LogP contribution in [0.15, 0.2) is 75.6 Å². The molecule has 1 amide bonds. The first-order chi connectivity index (χ1) is 15.8. The molecule has 3 aromatic heterocycles. The van der Waals surface area contributed by atoms with Gasteiger partial charge < -0.3 is 10.3 Å². The average Bonchev–Trinajstić information content (AvgIpc) is 3.37. The van der Waals surface area contributed by atoms with E-state index < -0.39 is 16.7 Å². The number of carbonyl (C=O) groups excluding carboxylic acids is 1. The largest absolute Gasteiger partial charge is 0.366 e. The Hall–Kier alpha value is -4.05. The lowest BCUT2D eigenvalue weighted by Crippen LogP contribution is -2.24. The average molecular weight is 461 g/mol. The molecule has 166 valence electrons. The zero-order chi connectivity index (χ0) is 23.3. The van der Waals surface area contributed by atoms with Gasteiger partial charge in [-0.3, -0.25) is 14.3 Å². The molecule has 33 heavy (non-hydrogen) atoms. The zero-order valence-corrected chi connectivity index (χ0v) is 18.7. The lowest BCUT2D eigenvalue weighted by molar-refractivity contribution is 0.1000. The SMILES string of the molecule is Cn1cc(S(=O)c2ccc3c4cnn(Cc5cccc(C(N)=O)c5)c(=O)c4n(C)c3c2)cn1. The Balaban J connectivity index is 1.60. The van der Waals surface area contributed by atoms with Gasteiger partial charge in [-0.15, -0.1) is 0 Å². The number of nitrogens with zero attached hydrogens (tertiary/aromatic N) is 5. The molecule has 0 saturated heterocycles. The number of primary amides is 1. The number of hydrogen-bond acceptors (Lipinski definition) is 5. The summed E-state index contributed by atoms with van der Waals surface area (Å²) in [4.78, 5) is 26.0. The van der Waals surface area contributed by atoms with Gasteiger partial charge in [0.1, 0.15) is 5.52 Å². The topological polar surface area (TPSA) is 118 Å². The number of hydrogen-bond donors (Lipinski definition) is 1. The summed E-state index contributed by atoms with van der Waals surface area (Å²) >= 11 is 0. The number of nitrogens with two attached hydrogens (primary N) is 1. The highest BCUT2D eigenvalue weighted by molar-refractivity contribution is 7.85. The molecule has 2 N–H and O–H groups in total. The van der Waals surface area contributed by atoms with Crippen LogP contribution in [0.1, 0.15) is 15.9 Å². The minimum atomic E-state index is -1.39. The molecule has 9 nitrogen and oxygen atoms in total. The summed E-state index contributed by atoms with van der Waals surface area (Å²) in [6, 6.07) is 12.3. The zero-order valence-electron chi connectivity index (χ0n) is 17.9. The van der Waals surface area contributed by atoms with Crippen LogP contribution < -0.4 is 11.3 Å². The molecule has 10 heteroatoms. The van der Waals surface area contributed by atoms with Crippen molar-refractivity contribution in [2.75, 3.05) is 0 Å². The first kappa shape index (κ1) is 20.8. The normalized spacial score (nSPS) is 12.4. The molecule has 2 aromatic carbocycles. The third kappa shape index (κ3) is 3.54. The van der Waals surface area contributed by atoms with E-state index in [1.807, 2.05) is 18.2 Å². The van der Waals surface area contributed by atoms with Crippen LogP contribution in [0.2, 0.25) is 0 Å². The van der Waals surface area contributed by atoms with Gasteiger partial charge in [0.2, 0.25) is 5.91 Å². The molecule has 0 aliphatic rings. The first-order valence-corrected chi connectivity index (χ1v) is 11.3. The smallest absolute Gasteiger partial charge is 0.291 e. The molecule has 0 radical (unpaired) electrons. The molecular formula is C23H20N6O3S. The van der Waals surface area contributed by atoms with Crippen molar-refractivity contribution in [3.8, 4) is 0 Å². The van der Waals surface area contributed by atoms with Crippen LogP contribution in [0.3, 0.4) is 0 Å². The highest BCUT2D eigenvalue weighted by atomic mass is 32.2. The Labute approximate surface area is 190 Å². The quantitative estimate of drug-likeness (QED) is 0.430. The van der Waals surface area contributed by atoms with Gasteiger partial charge in [-0.25, -0.2) is 8.89 Å². The summed E-state index contributed by atoms with van der Waals surface area (Å²) in [7, 11) is 2.19. The van der Waals surface area contributed by atoms with Gasteiger partial charge in [0.15, 0.2) is 0 Å². The Bertz CT molecular complexity index is 1650. The van der Waals surface area contributed by atoms with Crippen molar-refractivity contribution in [1.82, 2.24) is 24.1 Å². The van der Waals surface area contributed by atoms with Crippen molar-refractivity contribution >= 4 is 38.5 Å². The summed E-state index contributed by atoms with van der Waals surface area (Å²) in [6.07, 6.45) is 4.96. The van der Waals surface area contributed by atoms with E-state index in [1.165, 1.54) is 4.68 Å². The van der Waals surface area contributed by atoms with E-state index >= 15 is 0 Å². The van der Waals surface area contributed by atoms with Gasteiger partial charge in [0, 0.05) is 41.5 Å². The van der Waals surface area contributed by atoms with E-state index in [-0.39, 0.29) is 12.1 Å². The maximum atomic E-state index is 13.3. The van der Waals surface area contributed by atoms with E-state index in [2.05, 4.69) is 10.2 Å². The van der Waals surface area contributed by atoms with Crippen molar-refractivity contribution < 1.29 is 9.00 Å². The maximum absolute atomic E-state index is 13.3. The lowest BCUT2D eigenvalue weighted by Gasteiger charge is -2.07. The standard InChI is InChI=1S/C23H20N6O3S/c1-27-13-17(10-25-27)33(32)16-6-7-18-19-11-26-29(23(31)21(19)28(2)20(18)9-16)12-14-4-3-5-15(8-14)22(24)30/h3-11,13H,12H2,1-2H3,(H2,24,30). The van der Waals surface area contributed by atoms with Crippen LogP contribution in [-0.2, 0) is 31.4 Å². The molecule has 0 bridgehead atoms. The molecule has 5 aromatic rings. The van der Waals surface area contributed by atoms with Gasteiger partial charge in [0.05, 0.1) is 40.2 Å². The Morgan fingerprint density at radius 2 is 1.85 bits per heavy atom. The number of aromatic nitrogens is 5. The van der Waals surface area contributed by atoms with E-state index in [4.69, 9.17) is 5.73 Å². The van der Waals surface area contributed by atoms with Crippen molar-refractivity contribution in [3.63, 3.8) is 0 Å². The van der Waals surface area contributed by atoms with E-state index in [0.717, 1.165) is 21.9 Å². The molecule has 3 heterocycles. The summed E-state index contributed by atoms with van der Waals surface area (Å²) < 4.78 is 17.7. The molecule has 1 atom stereocenters. The number of amides is 1. The van der Waals surface area contributed by atoms with Crippen LogP contribution in [0.4, 0.5) is 0 Å². The van der Waals surface area contributed by atoms with E-state index in [1.54, 1.807) is 66.2 Å². The third-order valence-electron chi connectivity index (χ3n) is 5.63. The fourth-order valence-electron chi connectivity index (χ4n) is 3.99. The number of carbonyl (C=O) groups is 1. The fourth-order valence-corrected chi connectivity index (χ4v) is 5.06. The predicted octanol–water partition coefficient (Wildman–Crippen LogP) is 1.94. The fraction of sp³-hybridized carbons (Fsp3) is 0.130. The predicted molar refractivity (Wildman–Crippen MR) is 124 cm³/mol. The third-order valence-corrected chi connectivity index (χ3v) is 6.95. The monoisotopic (exact) mass is 460 g/mol. The van der Waals surface area contributed by atoms with Crippen molar-refractivity contribution in [2.24, 2.45) is 19.8 Å². The molecule has 0 fully saturated rings. The van der Waals surface area contributed by atoms with Gasteiger partial charge >= 0.3 is 0 Å². The molecule has 1 unspecified atom stereocenters. The lowest BCUT2D eigenvalue weighted by atomic mass is 10.1. The number of rotatable bonds is 5. The summed E-state index contributed by atoms with van der Waals surface area (Å²) in [5.41, 5.74) is 7.50.